The van der Waals surface area contributed by atoms with Crippen LogP contribution in [0.25, 0.3) is 6.08 Å². The van der Waals surface area contributed by atoms with E-state index in [1.165, 1.54) is 25.3 Å². The Labute approximate surface area is 239 Å². The summed E-state index contributed by atoms with van der Waals surface area (Å²) in [6.45, 7) is 6.51. The van der Waals surface area contributed by atoms with Crippen LogP contribution in [0.15, 0.2) is 58.9 Å². The third kappa shape index (κ3) is 4.29. The Bertz CT molecular complexity index is 1320. The van der Waals surface area contributed by atoms with Crippen molar-refractivity contribution < 1.29 is 37.0 Å². The lowest BCUT2D eigenvalue weighted by atomic mass is 9.49. The number of likely N-dealkylation sites (tertiary alicyclic amines) is 1. The molecule has 1 aromatic rings. The van der Waals surface area contributed by atoms with Gasteiger partial charge in [0.05, 0.1) is 32.3 Å². The number of aliphatic hydroxyl groups excluding tert-OH is 1. The number of allylic oxidation sites excluding steroid dienone is 1. The molecule has 0 aromatic heterocycles. The Hall–Kier alpha value is -2.62. The summed E-state index contributed by atoms with van der Waals surface area (Å²) in [7, 11) is 3.67. The number of nitrogens with one attached hydrogen (secondary N) is 1. The number of hydrogen-bond acceptors (Lipinski definition) is 4. The van der Waals surface area contributed by atoms with E-state index in [1.807, 2.05) is 0 Å². The van der Waals surface area contributed by atoms with Crippen LogP contribution in [0.2, 0.25) is 0 Å². The molecule has 3 fully saturated rings. The molecule has 1 aromatic carbocycles. The molecule has 2 heterocycles. The number of hydrogen-bond donors (Lipinski definition) is 2. The first-order valence-electron chi connectivity index (χ1n) is 14.7. The lowest BCUT2D eigenvalue weighted by Gasteiger charge is -2.62. The van der Waals surface area contributed by atoms with Gasteiger partial charge in [0, 0.05) is 48.9 Å². The fourth-order valence-electron chi connectivity index (χ4n) is 9.03. The third-order valence-corrected chi connectivity index (χ3v) is 10.5. The monoisotopic (exact) mass is 573 g/mol. The van der Waals surface area contributed by atoms with Gasteiger partial charge in [0.1, 0.15) is 17.4 Å². The van der Waals surface area contributed by atoms with Crippen LogP contribution < -0.4 is 5.32 Å². The summed E-state index contributed by atoms with van der Waals surface area (Å²) in [6.07, 6.45) is 0.774. The van der Waals surface area contributed by atoms with Crippen LogP contribution in [0, 0.1) is 17.3 Å². The third-order valence-electron chi connectivity index (χ3n) is 10.5. The van der Waals surface area contributed by atoms with E-state index in [4.69, 9.17) is 9.47 Å². The maximum absolute atomic E-state index is 14.2. The van der Waals surface area contributed by atoms with Gasteiger partial charge in [-0.15, -0.1) is 0 Å². The van der Waals surface area contributed by atoms with Gasteiger partial charge in [0.15, 0.2) is 5.72 Å². The Balaban J connectivity index is 1.42. The predicted molar refractivity (Wildman–Crippen MR) is 148 cm³/mol. The second kappa shape index (κ2) is 9.71. The minimum atomic E-state index is -4.91. The predicted octanol–water partition coefficient (Wildman–Crippen LogP) is 5.68. The minimum Gasteiger partial charge on any atom is -0.508 e. The van der Waals surface area contributed by atoms with E-state index in [-0.39, 0.29) is 22.8 Å². The number of methoxy groups -OCH3 is 1. The number of ether oxygens (including phenoxy) is 2. The second-order valence-electron chi connectivity index (χ2n) is 13.2. The Kier molecular flexibility index (Phi) is 6.75. The minimum absolute atomic E-state index is 0.0327. The van der Waals surface area contributed by atoms with E-state index in [0.717, 1.165) is 60.5 Å². The highest BCUT2D eigenvalue weighted by Gasteiger charge is 2.71. The fraction of sp³-hybridized carbons (Fsp3) is 0.594. The zero-order chi connectivity index (χ0) is 29.4. The van der Waals surface area contributed by atoms with Crippen LogP contribution in [0.1, 0.15) is 51.5 Å². The molecule has 41 heavy (non-hydrogen) atoms. The quantitative estimate of drug-likeness (QED) is 0.261. The van der Waals surface area contributed by atoms with E-state index >= 15 is 0 Å². The fourth-order valence-corrected chi connectivity index (χ4v) is 9.03. The van der Waals surface area contributed by atoms with Crippen molar-refractivity contribution in [1.29, 1.82) is 0 Å². The van der Waals surface area contributed by atoms with Crippen LogP contribution >= 0.6 is 0 Å². The van der Waals surface area contributed by atoms with Gasteiger partial charge in [0.25, 0.3) is 5.91 Å². The van der Waals surface area contributed by atoms with Crippen LogP contribution in [-0.2, 0) is 14.3 Å². The molecule has 1 saturated carbocycles. The molecule has 5 aliphatic rings. The molecule has 0 radical (unpaired) electrons. The van der Waals surface area contributed by atoms with Crippen molar-refractivity contribution >= 4 is 12.0 Å². The van der Waals surface area contributed by atoms with Gasteiger partial charge in [-0.3, -0.25) is 4.79 Å². The normalized spacial score (nSPS) is 38.0. The highest BCUT2D eigenvalue weighted by Crippen LogP contribution is 2.67. The summed E-state index contributed by atoms with van der Waals surface area (Å²) < 4.78 is 56.2. The number of alkyl halides is 3. The number of rotatable bonds is 6. The van der Waals surface area contributed by atoms with E-state index < -0.39 is 29.5 Å². The molecule has 2 N–H and O–H groups in total. The standard InChI is InChI=1S/C32H39F3N2O4/c1-19(2)18-37(3)14-13-30-22-11-8-12-26(30)41-28-27(30)21(16-24(22)37)25(38)17-31(28,40-4)36-29(39)23(32(33,34)35)15-20-9-6-5-7-10-20/h5-7,9-10,15,17,19,22,24,26,28H,8,11-14,16,18H2,1-4H3,(H-,36,38,39)/p+1/t22-,24+,26-,28?,30+,31?,37?/m0/s1. The lowest BCUT2D eigenvalue weighted by molar-refractivity contribution is -0.948. The van der Waals surface area contributed by atoms with Crippen LogP contribution in [0.5, 0.6) is 0 Å². The van der Waals surface area contributed by atoms with Crippen molar-refractivity contribution in [3.8, 4) is 0 Å². The molecule has 3 aliphatic carbocycles. The van der Waals surface area contributed by atoms with Crippen molar-refractivity contribution in [2.24, 2.45) is 17.3 Å². The van der Waals surface area contributed by atoms with Crippen molar-refractivity contribution in [3.63, 3.8) is 0 Å². The highest BCUT2D eigenvalue weighted by atomic mass is 19.4. The molecule has 6 rings (SSSR count). The van der Waals surface area contributed by atoms with Gasteiger partial charge in [-0.1, -0.05) is 50.6 Å². The van der Waals surface area contributed by atoms with E-state index in [0.29, 0.717) is 24.3 Å². The number of nitrogens with zero attached hydrogens (tertiary/aromatic N) is 1. The van der Waals surface area contributed by atoms with E-state index in [2.05, 4.69) is 26.2 Å². The number of quaternary nitrogens is 1. The SMILES string of the molecule is COC1(NC(=O)C(=Cc2ccccc2)C(F)(F)F)C=C(O)C2=C3C1O[C@H]1CCC[C@H]4[C@@H](C2)[N+](C)(CC(C)C)CC[C@]314. The number of carbonyl (C=O) groups is 1. The number of halogens is 3. The Morgan fingerprint density at radius 2 is 2.00 bits per heavy atom. The summed E-state index contributed by atoms with van der Waals surface area (Å²) in [6, 6.07) is 8.25. The van der Waals surface area contributed by atoms with Crippen LogP contribution in [0.4, 0.5) is 13.2 Å². The second-order valence-corrected chi connectivity index (χ2v) is 13.2. The first-order valence-corrected chi connectivity index (χ1v) is 14.7. The molecule has 1 amide bonds. The maximum Gasteiger partial charge on any atom is 0.421 e. The Morgan fingerprint density at radius 1 is 1.27 bits per heavy atom. The van der Waals surface area contributed by atoms with Crippen molar-refractivity contribution in [2.75, 3.05) is 27.2 Å². The van der Waals surface area contributed by atoms with Gasteiger partial charge < -0.3 is 24.4 Å². The number of piperidine rings is 1. The summed E-state index contributed by atoms with van der Waals surface area (Å²) in [5.41, 5.74) is -1.44. The highest BCUT2D eigenvalue weighted by molar-refractivity contribution is 5.99. The molecule has 2 aliphatic heterocycles. The summed E-state index contributed by atoms with van der Waals surface area (Å²) in [4.78, 5) is 13.4. The summed E-state index contributed by atoms with van der Waals surface area (Å²) in [5.74, 6) is -0.505. The van der Waals surface area contributed by atoms with Crippen LogP contribution in [-0.4, -0.2) is 72.9 Å². The topological polar surface area (TPSA) is 67.8 Å². The smallest absolute Gasteiger partial charge is 0.421 e. The van der Waals surface area contributed by atoms with Gasteiger partial charge in [-0.2, -0.15) is 13.2 Å². The van der Waals surface area contributed by atoms with Gasteiger partial charge >= 0.3 is 6.18 Å². The molecule has 2 saturated heterocycles. The van der Waals surface area contributed by atoms with E-state index in [9.17, 15) is 23.1 Å². The molecule has 1 spiro atoms. The van der Waals surface area contributed by atoms with Crippen molar-refractivity contribution in [3.05, 3.63) is 64.4 Å². The lowest BCUT2D eigenvalue weighted by Crippen LogP contribution is -2.69. The molecule has 7 atom stereocenters. The number of amides is 1. The van der Waals surface area contributed by atoms with E-state index in [1.54, 1.807) is 18.2 Å². The van der Waals surface area contributed by atoms with Crippen LogP contribution in [0.3, 0.4) is 0 Å². The van der Waals surface area contributed by atoms with Gasteiger partial charge in [-0.25, -0.2) is 0 Å². The number of aliphatic hydroxyl groups is 1. The molecule has 9 heteroatoms. The van der Waals surface area contributed by atoms with Gasteiger partial charge in [-0.05, 0) is 30.1 Å². The molecular formula is C32H40F3N2O4+. The Morgan fingerprint density at radius 3 is 2.66 bits per heavy atom. The zero-order valence-corrected chi connectivity index (χ0v) is 24.1. The first kappa shape index (κ1) is 28.5. The van der Waals surface area contributed by atoms with Crippen molar-refractivity contribution in [1.82, 2.24) is 5.32 Å². The first-order chi connectivity index (χ1) is 19.3. The van der Waals surface area contributed by atoms with Gasteiger partial charge in [0.2, 0.25) is 0 Å². The molecule has 6 nitrogen and oxygen atoms in total. The molecule has 2 bridgehead atoms. The average Bonchev–Trinajstić information content (AvgIpc) is 3.25. The maximum atomic E-state index is 14.2. The average molecular weight is 574 g/mol. The molecular weight excluding hydrogens is 533 g/mol. The molecule has 3 unspecified atom stereocenters. The summed E-state index contributed by atoms with van der Waals surface area (Å²) >= 11 is 0. The largest absolute Gasteiger partial charge is 0.508 e. The van der Waals surface area contributed by atoms with Crippen molar-refractivity contribution in [2.45, 2.75) is 76.1 Å². The number of benzene rings is 1. The number of carbonyl (C=O) groups excluding carboxylic acids is 1. The molecule has 222 valence electrons. The summed E-state index contributed by atoms with van der Waals surface area (Å²) in [5, 5.41) is 14.1. The zero-order valence-electron chi connectivity index (χ0n) is 24.1.